The van der Waals surface area contributed by atoms with E-state index in [0.29, 0.717) is 13.2 Å². The molecular weight excluding hydrogens is 268 g/mol. The molecule has 0 aliphatic rings. The third kappa shape index (κ3) is 4.61. The van der Waals surface area contributed by atoms with Crippen molar-refractivity contribution in [1.82, 2.24) is 9.78 Å². The predicted octanol–water partition coefficient (Wildman–Crippen LogP) is 2.10. The van der Waals surface area contributed by atoms with E-state index in [-0.39, 0.29) is 5.91 Å². The number of hydrogen-bond donors (Lipinski definition) is 2. The molecule has 1 amide bonds. The fourth-order valence-corrected chi connectivity index (χ4v) is 1.95. The van der Waals surface area contributed by atoms with E-state index in [0.717, 1.165) is 23.5 Å². The Kier molecular flexibility index (Phi) is 5.34. The maximum absolute atomic E-state index is 11.2. The van der Waals surface area contributed by atoms with E-state index in [1.807, 2.05) is 35.1 Å². The molecule has 112 valence electrons. The first kappa shape index (κ1) is 15.1. The van der Waals surface area contributed by atoms with Crippen molar-refractivity contribution in [3.63, 3.8) is 0 Å². The van der Waals surface area contributed by atoms with Crippen LogP contribution in [0.3, 0.4) is 0 Å². The molecule has 2 N–H and O–H groups in total. The first-order chi connectivity index (χ1) is 10.2. The zero-order chi connectivity index (χ0) is 15.1. The van der Waals surface area contributed by atoms with Gasteiger partial charge >= 0.3 is 0 Å². The van der Waals surface area contributed by atoms with Crippen LogP contribution in [0.25, 0.3) is 0 Å². The highest BCUT2D eigenvalue weighted by Crippen LogP contribution is 2.17. The molecule has 21 heavy (non-hydrogen) atoms. The Balaban J connectivity index is 1.96. The molecule has 2 rings (SSSR count). The van der Waals surface area contributed by atoms with Gasteiger partial charge in [0.05, 0.1) is 25.0 Å². The fourth-order valence-electron chi connectivity index (χ4n) is 1.95. The number of ether oxygens (including phenoxy) is 1. The lowest BCUT2D eigenvalue weighted by molar-refractivity contribution is -0.114. The van der Waals surface area contributed by atoms with Crippen molar-refractivity contribution in [2.24, 2.45) is 0 Å². The van der Waals surface area contributed by atoms with Gasteiger partial charge in [0, 0.05) is 32.5 Å². The molecule has 0 fully saturated rings. The van der Waals surface area contributed by atoms with Gasteiger partial charge in [0.15, 0.2) is 0 Å². The molecule has 0 saturated carbocycles. The molecule has 1 aromatic heterocycles. The van der Waals surface area contributed by atoms with Crippen LogP contribution in [0.5, 0.6) is 0 Å². The standard InChI is InChI=1S/C15H20N4O2/c1-12(20)18-15-6-4-3-5-13(15)9-16-14-10-17-19(11-14)7-8-21-2/h3-6,10-11,16H,7-9H2,1-2H3,(H,18,20). The van der Waals surface area contributed by atoms with E-state index >= 15 is 0 Å². The van der Waals surface area contributed by atoms with Gasteiger partial charge in [0.1, 0.15) is 0 Å². The normalized spacial score (nSPS) is 10.4. The van der Waals surface area contributed by atoms with Crippen molar-refractivity contribution in [2.45, 2.75) is 20.0 Å². The summed E-state index contributed by atoms with van der Waals surface area (Å²) in [6, 6.07) is 7.72. The van der Waals surface area contributed by atoms with Crippen LogP contribution in [0.4, 0.5) is 11.4 Å². The van der Waals surface area contributed by atoms with Crippen LogP contribution >= 0.6 is 0 Å². The second-order valence-electron chi connectivity index (χ2n) is 4.68. The van der Waals surface area contributed by atoms with Crippen molar-refractivity contribution in [1.29, 1.82) is 0 Å². The summed E-state index contributed by atoms with van der Waals surface area (Å²) in [6.07, 6.45) is 3.71. The summed E-state index contributed by atoms with van der Waals surface area (Å²) in [5.74, 6) is -0.0742. The van der Waals surface area contributed by atoms with Crippen LogP contribution < -0.4 is 10.6 Å². The number of amides is 1. The molecule has 0 unspecified atom stereocenters. The van der Waals surface area contributed by atoms with Crippen molar-refractivity contribution in [3.05, 3.63) is 42.2 Å². The van der Waals surface area contributed by atoms with Gasteiger partial charge in [-0.25, -0.2) is 0 Å². The number of carbonyl (C=O) groups excluding carboxylic acids is 1. The Labute approximate surface area is 124 Å². The van der Waals surface area contributed by atoms with E-state index in [1.54, 1.807) is 13.3 Å². The van der Waals surface area contributed by atoms with Gasteiger partial charge in [-0.1, -0.05) is 18.2 Å². The molecule has 0 spiro atoms. The summed E-state index contributed by atoms with van der Waals surface area (Å²) >= 11 is 0. The van der Waals surface area contributed by atoms with E-state index in [9.17, 15) is 4.79 Å². The lowest BCUT2D eigenvalue weighted by atomic mass is 10.1. The van der Waals surface area contributed by atoms with Crippen LogP contribution in [0.1, 0.15) is 12.5 Å². The lowest BCUT2D eigenvalue weighted by Gasteiger charge is -2.10. The van der Waals surface area contributed by atoms with E-state index in [2.05, 4.69) is 15.7 Å². The number of nitrogens with zero attached hydrogens (tertiary/aromatic N) is 2. The molecule has 6 nitrogen and oxygen atoms in total. The molecule has 0 saturated heterocycles. The van der Waals surface area contributed by atoms with E-state index < -0.39 is 0 Å². The van der Waals surface area contributed by atoms with Crippen molar-refractivity contribution in [3.8, 4) is 0 Å². The number of rotatable bonds is 7. The minimum Gasteiger partial charge on any atom is -0.383 e. The average Bonchev–Trinajstić information content (AvgIpc) is 2.91. The molecular formula is C15H20N4O2. The molecule has 1 heterocycles. The molecule has 0 bridgehead atoms. The van der Waals surface area contributed by atoms with Crippen LogP contribution in [0.2, 0.25) is 0 Å². The Hall–Kier alpha value is -2.34. The summed E-state index contributed by atoms with van der Waals surface area (Å²) in [7, 11) is 1.67. The van der Waals surface area contributed by atoms with Crippen molar-refractivity contribution in [2.75, 3.05) is 24.4 Å². The minimum atomic E-state index is -0.0742. The van der Waals surface area contributed by atoms with Crippen molar-refractivity contribution < 1.29 is 9.53 Å². The topological polar surface area (TPSA) is 68.2 Å². The highest BCUT2D eigenvalue weighted by molar-refractivity contribution is 5.89. The highest BCUT2D eigenvalue weighted by Gasteiger charge is 2.04. The molecule has 0 aliphatic carbocycles. The van der Waals surface area contributed by atoms with Gasteiger partial charge in [-0.3, -0.25) is 9.48 Å². The summed E-state index contributed by atoms with van der Waals surface area (Å²) in [4.78, 5) is 11.2. The number of carbonyl (C=O) groups is 1. The van der Waals surface area contributed by atoms with Gasteiger partial charge in [-0.05, 0) is 11.6 Å². The largest absolute Gasteiger partial charge is 0.383 e. The number of aromatic nitrogens is 2. The first-order valence-electron chi connectivity index (χ1n) is 6.80. The second kappa shape index (κ2) is 7.44. The fraction of sp³-hybridized carbons (Fsp3) is 0.333. The molecule has 0 atom stereocenters. The van der Waals surface area contributed by atoms with Crippen LogP contribution in [0, 0.1) is 0 Å². The summed E-state index contributed by atoms with van der Waals surface area (Å²) in [6.45, 7) is 3.48. The smallest absolute Gasteiger partial charge is 0.221 e. The second-order valence-corrected chi connectivity index (χ2v) is 4.68. The average molecular weight is 288 g/mol. The Bertz CT molecular complexity index is 595. The van der Waals surface area contributed by atoms with Crippen LogP contribution in [0.15, 0.2) is 36.7 Å². The number of para-hydroxylation sites is 1. The van der Waals surface area contributed by atoms with Gasteiger partial charge in [0.2, 0.25) is 5.91 Å². The molecule has 2 aromatic rings. The first-order valence-corrected chi connectivity index (χ1v) is 6.80. The predicted molar refractivity (Wildman–Crippen MR) is 82.2 cm³/mol. The zero-order valence-corrected chi connectivity index (χ0v) is 12.3. The van der Waals surface area contributed by atoms with Crippen molar-refractivity contribution >= 4 is 17.3 Å². The number of nitrogens with one attached hydrogen (secondary N) is 2. The third-order valence-electron chi connectivity index (χ3n) is 2.97. The van der Waals surface area contributed by atoms with E-state index in [4.69, 9.17) is 4.74 Å². The Morgan fingerprint density at radius 2 is 2.19 bits per heavy atom. The monoisotopic (exact) mass is 288 g/mol. The number of benzene rings is 1. The highest BCUT2D eigenvalue weighted by atomic mass is 16.5. The summed E-state index contributed by atoms with van der Waals surface area (Å²) in [5, 5.41) is 10.4. The summed E-state index contributed by atoms with van der Waals surface area (Å²) < 4.78 is 6.84. The SMILES string of the molecule is COCCn1cc(NCc2ccccc2NC(C)=O)cn1. The number of anilines is 2. The Morgan fingerprint density at radius 1 is 1.38 bits per heavy atom. The Morgan fingerprint density at radius 3 is 2.95 bits per heavy atom. The van der Waals surface area contributed by atoms with E-state index in [1.165, 1.54) is 6.92 Å². The van der Waals surface area contributed by atoms with Crippen LogP contribution in [-0.4, -0.2) is 29.4 Å². The van der Waals surface area contributed by atoms with Gasteiger partial charge < -0.3 is 15.4 Å². The molecule has 6 heteroatoms. The maximum atomic E-state index is 11.2. The summed E-state index contributed by atoms with van der Waals surface area (Å²) in [5.41, 5.74) is 2.78. The number of hydrogen-bond acceptors (Lipinski definition) is 4. The zero-order valence-electron chi connectivity index (χ0n) is 12.3. The molecule has 1 aromatic carbocycles. The quantitative estimate of drug-likeness (QED) is 0.818. The van der Waals surface area contributed by atoms with Gasteiger partial charge in [-0.15, -0.1) is 0 Å². The third-order valence-corrected chi connectivity index (χ3v) is 2.97. The maximum Gasteiger partial charge on any atom is 0.221 e. The molecule has 0 radical (unpaired) electrons. The lowest BCUT2D eigenvalue weighted by Crippen LogP contribution is -2.10. The minimum absolute atomic E-state index is 0.0742. The van der Waals surface area contributed by atoms with Gasteiger partial charge in [-0.2, -0.15) is 5.10 Å². The van der Waals surface area contributed by atoms with Crippen LogP contribution in [-0.2, 0) is 22.6 Å². The van der Waals surface area contributed by atoms with Gasteiger partial charge in [0.25, 0.3) is 0 Å². The number of methoxy groups -OCH3 is 1. The molecule has 0 aliphatic heterocycles.